The Bertz CT molecular complexity index is 334. The highest BCUT2D eigenvalue weighted by Crippen LogP contribution is 2.07. The normalized spacial score (nSPS) is 10.3. The van der Waals surface area contributed by atoms with Crippen LogP contribution in [-0.4, -0.2) is 38.0 Å². The molecule has 0 amide bonds. The van der Waals surface area contributed by atoms with Crippen LogP contribution in [0.2, 0.25) is 0 Å². The van der Waals surface area contributed by atoms with E-state index in [0.29, 0.717) is 13.2 Å². The summed E-state index contributed by atoms with van der Waals surface area (Å²) in [5.41, 5.74) is 0.136. The van der Waals surface area contributed by atoms with Crippen LogP contribution in [0, 0.1) is 0 Å². The first-order valence-electron chi connectivity index (χ1n) is 7.88. The second kappa shape index (κ2) is 14.9. The molecule has 1 N–H and O–H groups in total. The SMILES string of the molecule is C=C(CC(=O)OCCCCCCCC)C(=O)OCCNSC. The summed E-state index contributed by atoms with van der Waals surface area (Å²) in [5, 5.41) is 0. The highest BCUT2D eigenvalue weighted by atomic mass is 32.2. The van der Waals surface area contributed by atoms with Gasteiger partial charge in [-0.05, 0) is 12.7 Å². The topological polar surface area (TPSA) is 64.6 Å². The number of carbonyl (C=O) groups is 2. The Morgan fingerprint density at radius 2 is 1.73 bits per heavy atom. The molecular weight excluding hydrogens is 302 g/mol. The van der Waals surface area contributed by atoms with Gasteiger partial charge in [0.1, 0.15) is 6.61 Å². The van der Waals surface area contributed by atoms with Crippen LogP contribution in [0.4, 0.5) is 0 Å². The molecule has 0 radical (unpaired) electrons. The Balaban J connectivity index is 3.60. The van der Waals surface area contributed by atoms with Gasteiger partial charge in [-0.1, -0.05) is 57.6 Å². The maximum Gasteiger partial charge on any atom is 0.334 e. The highest BCUT2D eigenvalue weighted by Gasteiger charge is 2.13. The molecule has 0 heterocycles. The Kier molecular flexibility index (Phi) is 14.2. The Labute approximate surface area is 138 Å². The molecule has 0 atom stereocenters. The maximum absolute atomic E-state index is 11.6. The van der Waals surface area contributed by atoms with Crippen molar-refractivity contribution in [3.8, 4) is 0 Å². The van der Waals surface area contributed by atoms with Crippen molar-refractivity contribution in [1.29, 1.82) is 0 Å². The number of nitrogens with one attached hydrogen (secondary N) is 1. The van der Waals surface area contributed by atoms with E-state index >= 15 is 0 Å². The molecule has 5 nitrogen and oxygen atoms in total. The van der Waals surface area contributed by atoms with E-state index in [2.05, 4.69) is 18.2 Å². The van der Waals surface area contributed by atoms with E-state index in [9.17, 15) is 9.59 Å². The quantitative estimate of drug-likeness (QED) is 0.228. The van der Waals surface area contributed by atoms with Crippen LogP contribution in [-0.2, 0) is 19.1 Å². The van der Waals surface area contributed by atoms with Gasteiger partial charge in [-0.3, -0.25) is 9.52 Å². The third-order valence-corrected chi connectivity index (χ3v) is 3.48. The van der Waals surface area contributed by atoms with Crippen LogP contribution in [0.15, 0.2) is 12.2 Å². The van der Waals surface area contributed by atoms with Crippen LogP contribution < -0.4 is 4.72 Å². The number of hydrogen-bond donors (Lipinski definition) is 1. The molecule has 0 fully saturated rings. The Hall–Kier alpha value is -1.01. The van der Waals surface area contributed by atoms with Crippen molar-refractivity contribution in [2.75, 3.05) is 26.0 Å². The smallest absolute Gasteiger partial charge is 0.334 e. The molecule has 0 spiro atoms. The molecule has 0 rings (SSSR count). The van der Waals surface area contributed by atoms with Crippen molar-refractivity contribution in [3.05, 3.63) is 12.2 Å². The Morgan fingerprint density at radius 3 is 2.41 bits per heavy atom. The summed E-state index contributed by atoms with van der Waals surface area (Å²) >= 11 is 1.45. The molecule has 0 aromatic rings. The van der Waals surface area contributed by atoms with Crippen LogP contribution in [0.25, 0.3) is 0 Å². The van der Waals surface area contributed by atoms with Gasteiger partial charge in [0.25, 0.3) is 0 Å². The molecule has 0 saturated carbocycles. The fourth-order valence-corrected chi connectivity index (χ4v) is 2.04. The molecule has 0 aromatic heterocycles. The van der Waals surface area contributed by atoms with E-state index in [1.807, 2.05) is 6.26 Å². The number of unbranched alkanes of at least 4 members (excludes halogenated alkanes) is 5. The van der Waals surface area contributed by atoms with Gasteiger partial charge in [-0.2, -0.15) is 0 Å². The van der Waals surface area contributed by atoms with Crippen LogP contribution in [0.1, 0.15) is 51.9 Å². The summed E-state index contributed by atoms with van der Waals surface area (Å²) in [6.07, 6.45) is 8.61. The predicted octanol–water partition coefficient (Wildman–Crippen LogP) is 3.25. The van der Waals surface area contributed by atoms with Gasteiger partial charge < -0.3 is 9.47 Å². The first kappa shape index (κ1) is 21.0. The lowest BCUT2D eigenvalue weighted by molar-refractivity contribution is -0.146. The molecule has 0 aliphatic carbocycles. The third kappa shape index (κ3) is 12.7. The van der Waals surface area contributed by atoms with Crippen molar-refractivity contribution < 1.29 is 19.1 Å². The van der Waals surface area contributed by atoms with Gasteiger partial charge in [-0.15, -0.1) is 0 Å². The lowest BCUT2D eigenvalue weighted by atomic mass is 10.1. The number of ether oxygens (including phenoxy) is 2. The zero-order valence-electron chi connectivity index (χ0n) is 13.8. The van der Waals surface area contributed by atoms with E-state index < -0.39 is 11.9 Å². The van der Waals surface area contributed by atoms with E-state index in [1.165, 1.54) is 37.6 Å². The zero-order chi connectivity index (χ0) is 16.6. The summed E-state index contributed by atoms with van der Waals surface area (Å²) in [7, 11) is 0. The first-order chi connectivity index (χ1) is 10.6. The fourth-order valence-electron chi connectivity index (χ4n) is 1.76. The molecule has 0 aliphatic heterocycles. The fraction of sp³-hybridized carbons (Fsp3) is 0.750. The minimum atomic E-state index is -0.542. The van der Waals surface area contributed by atoms with Crippen molar-refractivity contribution in [2.45, 2.75) is 51.9 Å². The summed E-state index contributed by atoms with van der Waals surface area (Å²) in [6, 6.07) is 0. The number of rotatable bonds is 14. The van der Waals surface area contributed by atoms with Gasteiger partial charge in [0.2, 0.25) is 0 Å². The van der Waals surface area contributed by atoms with Crippen molar-refractivity contribution in [2.24, 2.45) is 0 Å². The average Bonchev–Trinajstić information content (AvgIpc) is 2.50. The van der Waals surface area contributed by atoms with Gasteiger partial charge in [0, 0.05) is 12.1 Å². The molecule has 0 unspecified atom stereocenters. The average molecular weight is 331 g/mol. The van der Waals surface area contributed by atoms with Crippen molar-refractivity contribution >= 4 is 23.9 Å². The second-order valence-electron chi connectivity index (χ2n) is 5.00. The monoisotopic (exact) mass is 331 g/mol. The van der Waals surface area contributed by atoms with Crippen molar-refractivity contribution in [1.82, 2.24) is 4.72 Å². The van der Waals surface area contributed by atoms with E-state index in [0.717, 1.165) is 12.8 Å². The maximum atomic E-state index is 11.6. The molecule has 0 saturated heterocycles. The molecule has 6 heteroatoms. The van der Waals surface area contributed by atoms with Crippen molar-refractivity contribution in [3.63, 3.8) is 0 Å². The van der Waals surface area contributed by atoms with Crippen LogP contribution in [0.3, 0.4) is 0 Å². The van der Waals surface area contributed by atoms with Gasteiger partial charge in [-0.25, -0.2) is 4.79 Å². The molecule has 22 heavy (non-hydrogen) atoms. The van der Waals surface area contributed by atoms with Gasteiger partial charge in [0.05, 0.1) is 13.0 Å². The molecule has 0 bridgehead atoms. The lowest BCUT2D eigenvalue weighted by Crippen LogP contribution is -2.18. The van der Waals surface area contributed by atoms with E-state index in [-0.39, 0.29) is 18.6 Å². The van der Waals surface area contributed by atoms with Crippen LogP contribution in [0.5, 0.6) is 0 Å². The first-order valence-corrected chi connectivity index (χ1v) is 9.10. The number of esters is 2. The lowest BCUT2D eigenvalue weighted by Gasteiger charge is -2.08. The van der Waals surface area contributed by atoms with Gasteiger partial charge >= 0.3 is 11.9 Å². The summed E-state index contributed by atoms with van der Waals surface area (Å²) in [4.78, 5) is 23.1. The number of hydrogen-bond acceptors (Lipinski definition) is 6. The molecular formula is C16H29NO4S. The highest BCUT2D eigenvalue weighted by molar-refractivity contribution is 7.96. The molecule has 128 valence electrons. The molecule has 0 aliphatic rings. The summed E-state index contributed by atoms with van der Waals surface area (Å²) in [5.74, 6) is -0.961. The second-order valence-corrected chi connectivity index (χ2v) is 5.70. The van der Waals surface area contributed by atoms with E-state index in [1.54, 1.807) is 0 Å². The summed E-state index contributed by atoms with van der Waals surface area (Å²) in [6.45, 7) is 6.97. The molecule has 0 aromatic carbocycles. The van der Waals surface area contributed by atoms with Gasteiger partial charge in [0.15, 0.2) is 0 Å². The Morgan fingerprint density at radius 1 is 1.05 bits per heavy atom. The minimum absolute atomic E-state index is 0.107. The van der Waals surface area contributed by atoms with E-state index in [4.69, 9.17) is 9.47 Å². The van der Waals surface area contributed by atoms with Crippen LogP contribution >= 0.6 is 11.9 Å². The number of carbonyl (C=O) groups excluding carboxylic acids is 2. The zero-order valence-corrected chi connectivity index (χ0v) is 14.6. The predicted molar refractivity (Wildman–Crippen MR) is 90.6 cm³/mol. The largest absolute Gasteiger partial charge is 0.465 e. The minimum Gasteiger partial charge on any atom is -0.465 e. The third-order valence-electron chi connectivity index (χ3n) is 2.99. The summed E-state index contributed by atoms with van der Waals surface area (Å²) < 4.78 is 13.0. The standard InChI is InChI=1S/C16H29NO4S/c1-4-5-6-7-8-9-11-20-15(18)13-14(2)16(19)21-12-10-17-22-3/h17H,2,4-13H2,1,3H3.